The van der Waals surface area contributed by atoms with Crippen LogP contribution >= 0.6 is 11.8 Å². The van der Waals surface area contributed by atoms with Gasteiger partial charge in [-0.25, -0.2) is 14.6 Å². The van der Waals surface area contributed by atoms with Crippen LogP contribution in [-0.2, 0) is 14.3 Å². The second-order valence-electron chi connectivity index (χ2n) is 7.60. The highest BCUT2D eigenvalue weighted by molar-refractivity contribution is 7.99. The summed E-state index contributed by atoms with van der Waals surface area (Å²) in [7, 11) is 2.47. The molecule has 0 saturated carbocycles. The lowest BCUT2D eigenvalue weighted by atomic mass is 10.0. The summed E-state index contributed by atoms with van der Waals surface area (Å²) in [6.45, 7) is 0. The molecule has 0 radical (unpaired) electrons. The third-order valence-corrected chi connectivity index (χ3v) is 6.05. The first kappa shape index (κ1) is 25.5. The van der Waals surface area contributed by atoms with Gasteiger partial charge >= 0.3 is 11.9 Å². The molecule has 1 aromatic heterocycles. The molecule has 1 N–H and O–H groups in total. The van der Waals surface area contributed by atoms with Crippen molar-refractivity contribution in [3.8, 4) is 22.5 Å². The van der Waals surface area contributed by atoms with Crippen LogP contribution in [-0.4, -0.2) is 53.0 Å². The summed E-state index contributed by atoms with van der Waals surface area (Å²) >= 11 is 1.09. The maximum absolute atomic E-state index is 12.8. The van der Waals surface area contributed by atoms with Crippen LogP contribution in [0.5, 0.6) is 0 Å². The highest BCUT2D eigenvalue weighted by atomic mass is 32.2. The number of hydrogen-bond acceptors (Lipinski definition) is 9. The number of carbonyl (C=O) groups excluding carboxylic acids is 3. The van der Waals surface area contributed by atoms with Crippen molar-refractivity contribution in [1.29, 1.82) is 0 Å². The summed E-state index contributed by atoms with van der Waals surface area (Å²) in [5.74, 6) is -1.76. The minimum absolute atomic E-state index is 0.0658. The molecule has 0 aliphatic heterocycles. The Morgan fingerprint density at radius 1 is 0.784 bits per heavy atom. The Kier molecular flexibility index (Phi) is 8.22. The highest BCUT2D eigenvalue weighted by Crippen LogP contribution is 2.29. The molecule has 0 spiro atoms. The molecule has 0 fully saturated rings. The number of amides is 1. The Bertz CT molecular complexity index is 1430. The second-order valence-corrected chi connectivity index (χ2v) is 8.55. The third-order valence-electron chi connectivity index (χ3n) is 5.21. The lowest BCUT2D eigenvalue weighted by molar-refractivity contribution is -0.113. The van der Waals surface area contributed by atoms with E-state index < -0.39 is 17.8 Å². The Balaban J connectivity index is 1.56. The number of ether oxygens (including phenoxy) is 2. The van der Waals surface area contributed by atoms with Crippen molar-refractivity contribution >= 4 is 35.3 Å². The average Bonchev–Trinajstić information content (AvgIpc) is 2.96. The highest BCUT2D eigenvalue weighted by Gasteiger charge is 2.19. The van der Waals surface area contributed by atoms with Crippen molar-refractivity contribution in [3.63, 3.8) is 0 Å². The monoisotopic (exact) mass is 514 g/mol. The standard InChI is InChI=1S/C27H22N4O5S/c1-35-25(33)19-13-14-20(26(34)36-2)21(15-19)28-22(32)16-37-27-29-23(17-9-5-3-6-10-17)24(30-31-27)18-11-7-4-8-12-18/h3-15H,16H2,1-2H3,(H,28,32). The van der Waals surface area contributed by atoms with E-state index in [0.29, 0.717) is 16.5 Å². The first-order valence-electron chi connectivity index (χ1n) is 11.1. The Morgan fingerprint density at radius 3 is 2.03 bits per heavy atom. The van der Waals surface area contributed by atoms with Crippen LogP contribution in [0.1, 0.15) is 20.7 Å². The number of hydrogen-bond donors (Lipinski definition) is 1. The average molecular weight is 515 g/mol. The lowest BCUT2D eigenvalue weighted by Crippen LogP contribution is -2.18. The Labute approximate surface area is 217 Å². The van der Waals surface area contributed by atoms with Crippen LogP contribution in [0.2, 0.25) is 0 Å². The molecule has 3 aromatic carbocycles. The smallest absolute Gasteiger partial charge is 0.339 e. The first-order chi connectivity index (χ1) is 18.0. The van der Waals surface area contributed by atoms with E-state index in [4.69, 9.17) is 9.47 Å². The zero-order chi connectivity index (χ0) is 26.2. The summed E-state index contributed by atoms with van der Waals surface area (Å²) in [6, 6.07) is 23.4. The number of thioether (sulfide) groups is 1. The van der Waals surface area contributed by atoms with E-state index in [0.717, 1.165) is 22.9 Å². The number of methoxy groups -OCH3 is 2. The van der Waals surface area contributed by atoms with E-state index in [1.165, 1.54) is 32.4 Å². The fourth-order valence-electron chi connectivity index (χ4n) is 3.46. The first-order valence-corrected chi connectivity index (χ1v) is 12.1. The third kappa shape index (κ3) is 6.17. The number of carbonyl (C=O) groups is 3. The fraction of sp³-hybridized carbons (Fsp3) is 0.111. The topological polar surface area (TPSA) is 120 Å². The summed E-state index contributed by atoms with van der Waals surface area (Å²) in [6.07, 6.45) is 0. The number of nitrogens with one attached hydrogen (secondary N) is 1. The van der Waals surface area contributed by atoms with Gasteiger partial charge in [-0.3, -0.25) is 4.79 Å². The van der Waals surface area contributed by atoms with Gasteiger partial charge in [-0.2, -0.15) is 0 Å². The number of aromatic nitrogens is 3. The van der Waals surface area contributed by atoms with Gasteiger partial charge in [0.25, 0.3) is 0 Å². The molecule has 10 heteroatoms. The predicted molar refractivity (Wildman–Crippen MR) is 139 cm³/mol. The van der Waals surface area contributed by atoms with Crippen LogP contribution in [0, 0.1) is 0 Å². The van der Waals surface area contributed by atoms with Gasteiger partial charge in [-0.05, 0) is 18.2 Å². The van der Waals surface area contributed by atoms with Crippen molar-refractivity contribution in [3.05, 3.63) is 90.0 Å². The normalized spacial score (nSPS) is 10.4. The Hall–Kier alpha value is -4.57. The SMILES string of the molecule is COC(=O)c1ccc(C(=O)OC)c(NC(=O)CSc2nnc(-c3ccccc3)c(-c3ccccc3)n2)c1. The fourth-order valence-corrected chi connectivity index (χ4v) is 4.04. The van der Waals surface area contributed by atoms with Crippen LogP contribution in [0.15, 0.2) is 84.0 Å². The van der Waals surface area contributed by atoms with Gasteiger partial charge in [0.1, 0.15) is 11.4 Å². The van der Waals surface area contributed by atoms with Gasteiger partial charge in [0, 0.05) is 11.1 Å². The maximum atomic E-state index is 12.8. The van der Waals surface area contributed by atoms with Gasteiger partial charge in [-0.1, -0.05) is 72.4 Å². The predicted octanol–water partition coefficient (Wildman–Crippen LogP) is 4.51. The zero-order valence-electron chi connectivity index (χ0n) is 20.0. The van der Waals surface area contributed by atoms with Gasteiger partial charge in [0.15, 0.2) is 0 Å². The van der Waals surface area contributed by atoms with Gasteiger partial charge in [0.05, 0.1) is 36.8 Å². The van der Waals surface area contributed by atoms with Crippen LogP contribution in [0.25, 0.3) is 22.5 Å². The quantitative estimate of drug-likeness (QED) is 0.267. The minimum atomic E-state index is -0.657. The van der Waals surface area contributed by atoms with E-state index >= 15 is 0 Å². The number of rotatable bonds is 8. The zero-order valence-corrected chi connectivity index (χ0v) is 20.8. The van der Waals surface area contributed by atoms with E-state index in [1.807, 2.05) is 60.7 Å². The summed E-state index contributed by atoms with van der Waals surface area (Å²) < 4.78 is 9.50. The maximum Gasteiger partial charge on any atom is 0.339 e. The molecule has 1 heterocycles. The molecule has 0 aliphatic carbocycles. The number of benzene rings is 3. The van der Waals surface area contributed by atoms with Crippen molar-refractivity contribution in [1.82, 2.24) is 15.2 Å². The van der Waals surface area contributed by atoms with Crippen LogP contribution in [0.4, 0.5) is 5.69 Å². The molecule has 4 rings (SSSR count). The van der Waals surface area contributed by atoms with Crippen molar-refractivity contribution in [2.45, 2.75) is 5.16 Å². The van der Waals surface area contributed by atoms with E-state index in [1.54, 1.807) is 0 Å². The van der Waals surface area contributed by atoms with Crippen molar-refractivity contribution in [2.75, 3.05) is 25.3 Å². The molecule has 4 aromatic rings. The van der Waals surface area contributed by atoms with Gasteiger partial charge in [0.2, 0.25) is 11.1 Å². The number of nitrogens with zero attached hydrogens (tertiary/aromatic N) is 3. The molecular weight excluding hydrogens is 492 g/mol. The molecule has 186 valence electrons. The molecule has 0 unspecified atom stereocenters. The molecular formula is C27H22N4O5S. The van der Waals surface area contributed by atoms with E-state index in [-0.39, 0.29) is 22.6 Å². The van der Waals surface area contributed by atoms with E-state index in [2.05, 4.69) is 20.5 Å². The van der Waals surface area contributed by atoms with Crippen LogP contribution < -0.4 is 5.32 Å². The van der Waals surface area contributed by atoms with Gasteiger partial charge < -0.3 is 14.8 Å². The van der Waals surface area contributed by atoms with Crippen LogP contribution in [0.3, 0.4) is 0 Å². The summed E-state index contributed by atoms with van der Waals surface area (Å²) in [5, 5.41) is 11.6. The Morgan fingerprint density at radius 2 is 1.41 bits per heavy atom. The molecule has 0 saturated heterocycles. The number of esters is 2. The molecule has 9 nitrogen and oxygen atoms in total. The molecule has 0 aliphatic rings. The molecule has 1 amide bonds. The number of anilines is 1. The molecule has 37 heavy (non-hydrogen) atoms. The van der Waals surface area contributed by atoms with Crippen molar-refractivity contribution < 1.29 is 23.9 Å². The lowest BCUT2D eigenvalue weighted by Gasteiger charge is -2.12. The minimum Gasteiger partial charge on any atom is -0.465 e. The molecule has 0 bridgehead atoms. The van der Waals surface area contributed by atoms with E-state index in [9.17, 15) is 14.4 Å². The second kappa shape index (κ2) is 11.9. The van der Waals surface area contributed by atoms with Gasteiger partial charge in [-0.15, -0.1) is 10.2 Å². The largest absolute Gasteiger partial charge is 0.465 e. The summed E-state index contributed by atoms with van der Waals surface area (Å²) in [5.41, 5.74) is 3.41. The molecule has 0 atom stereocenters. The summed E-state index contributed by atoms with van der Waals surface area (Å²) in [4.78, 5) is 41.5. The van der Waals surface area contributed by atoms with Crippen molar-refractivity contribution in [2.24, 2.45) is 0 Å².